The van der Waals surface area contributed by atoms with E-state index in [0.717, 1.165) is 0 Å². The zero-order valence-electron chi connectivity index (χ0n) is 14.5. The molecule has 0 amide bonds. The van der Waals surface area contributed by atoms with Gasteiger partial charge < -0.3 is 96.3 Å². The van der Waals surface area contributed by atoms with E-state index >= 15 is 0 Å². The van der Waals surface area contributed by atoms with Crippen LogP contribution in [0.3, 0.4) is 0 Å². The van der Waals surface area contributed by atoms with E-state index in [2.05, 4.69) is 0 Å². The molecule has 0 atom stereocenters. The number of rotatable bonds is 0. The molecule has 23 nitrogen and oxygen atoms in total. The number of quaternary nitrogens is 1. The molecule has 0 aromatic rings. The first kappa shape index (κ1) is 126. The third-order valence-electron chi connectivity index (χ3n) is 0.541. The van der Waals surface area contributed by atoms with E-state index in [1.165, 1.54) is 0 Å². The molecular formula is C6H29NNbO22. The monoisotopic (exact) mass is 560 g/mol. The Hall–Kier alpha value is -2.88. The Balaban J connectivity index is -0.00000000721. The Labute approximate surface area is 179 Å². The topological polar surface area (TPSA) is 578 Å². The third-order valence-corrected chi connectivity index (χ3v) is 0.541. The maximum Gasteiger partial charge on any atom is 0.414 e. The molecule has 0 unspecified atom stereocenters. The van der Waals surface area contributed by atoms with Gasteiger partial charge in [0.15, 0.2) is 5.97 Å². The van der Waals surface area contributed by atoms with Crippen LogP contribution in [0.2, 0.25) is 0 Å². The van der Waals surface area contributed by atoms with Crippen LogP contribution in [0.15, 0.2) is 0 Å². The molecule has 0 aliphatic rings. The Kier molecular flexibility index (Phi) is 303. The minimum atomic E-state index is -2.07. The Bertz CT molecular complexity index is 289. The van der Waals surface area contributed by atoms with Crippen molar-refractivity contribution >= 4 is 35.8 Å². The van der Waals surface area contributed by atoms with Crippen LogP contribution in [0.4, 0.5) is 0 Å². The molecule has 195 valence electrons. The van der Waals surface area contributed by atoms with Crippen molar-refractivity contribution in [1.82, 2.24) is 6.15 Å². The zero-order chi connectivity index (χ0) is 15.5. The molecule has 0 saturated carbocycles. The molecule has 0 bridgehead atoms. The van der Waals surface area contributed by atoms with Gasteiger partial charge in [-0.3, -0.25) is 0 Å². The predicted molar refractivity (Wildman–Crippen MR) is 85.3 cm³/mol. The smallest absolute Gasteiger partial charge is 0.414 e. The average Bonchev–Trinajstić information content (AvgIpc) is 2.18. The summed E-state index contributed by atoms with van der Waals surface area (Å²) in [6.07, 6.45) is 0. The summed E-state index contributed by atoms with van der Waals surface area (Å²) in [6, 6.07) is 0. The number of carboxylic acid groups (broad SMARTS) is 6. The van der Waals surface area contributed by atoms with Crippen molar-refractivity contribution in [1.29, 1.82) is 0 Å². The van der Waals surface area contributed by atoms with Gasteiger partial charge in [-0.2, -0.15) is 0 Å². The minimum absolute atomic E-state index is 0. The van der Waals surface area contributed by atoms with Crippen LogP contribution in [-0.4, -0.2) is 116 Å². The van der Waals surface area contributed by atoms with Gasteiger partial charge in [-0.1, -0.05) is 0 Å². The van der Waals surface area contributed by atoms with Gasteiger partial charge in [0.2, 0.25) is 0 Å². The molecule has 24 heteroatoms. The average molecular weight is 560 g/mol. The van der Waals surface area contributed by atoms with Gasteiger partial charge in [-0.05, 0) is 0 Å². The maximum atomic E-state index is 9.10. The van der Waals surface area contributed by atoms with E-state index in [1.807, 2.05) is 0 Å². The zero-order valence-corrected chi connectivity index (χ0v) is 16.7. The summed E-state index contributed by atoms with van der Waals surface area (Å²) < 4.78 is 0. The molecule has 0 fully saturated rings. The van der Waals surface area contributed by atoms with Gasteiger partial charge in [-0.15, -0.1) is 0 Å². The van der Waals surface area contributed by atoms with Crippen LogP contribution in [0.5, 0.6) is 0 Å². The molecule has 0 aromatic carbocycles. The molecule has 0 saturated heterocycles. The number of aliphatic carboxylic acids is 6. The van der Waals surface area contributed by atoms with Crippen molar-refractivity contribution in [3.05, 3.63) is 0 Å². The molecular weight excluding hydrogens is 531 g/mol. The summed E-state index contributed by atoms with van der Waals surface area (Å²) >= 11 is 0. The second kappa shape index (κ2) is 72.1. The molecule has 30 heavy (non-hydrogen) atoms. The van der Waals surface area contributed by atoms with Crippen molar-refractivity contribution in [2.75, 3.05) is 0 Å². The second-order valence-electron chi connectivity index (χ2n) is 1.81. The van der Waals surface area contributed by atoms with Crippen molar-refractivity contribution in [2.45, 2.75) is 0 Å². The van der Waals surface area contributed by atoms with Crippen LogP contribution in [-0.2, 0) is 51.1 Å². The normalized spacial score (nSPS) is 4.40. The molecule has 0 heterocycles. The Morgan fingerprint density at radius 2 is 0.467 bits per heavy atom. The predicted octanol–water partition coefficient (Wildman–Crippen LogP) is -11.7. The van der Waals surface area contributed by atoms with Crippen molar-refractivity contribution in [3.8, 4) is 0 Å². The van der Waals surface area contributed by atoms with Crippen LogP contribution in [0.1, 0.15) is 0 Å². The standard InChI is InChI=1S/3C2H2O4.H3N.Nb.10H2O/c3*3-1(4)2(5)6;;;;;;;;;;;;/h3*(H,3,4)(H,5,6);1H3;;10*1H2. The summed E-state index contributed by atoms with van der Waals surface area (Å²) in [5.74, 6) is -11.3. The first-order valence-corrected chi connectivity index (χ1v) is 3.30. The van der Waals surface area contributed by atoms with Crippen molar-refractivity contribution in [3.63, 3.8) is 0 Å². The van der Waals surface area contributed by atoms with Gasteiger partial charge in [0.05, 0.1) is 0 Å². The van der Waals surface area contributed by atoms with Crippen LogP contribution < -0.4 is 11.3 Å². The van der Waals surface area contributed by atoms with Gasteiger partial charge in [0.1, 0.15) is 0 Å². The van der Waals surface area contributed by atoms with Gasteiger partial charge in [0.25, 0.3) is 0 Å². The molecule has 0 rings (SSSR count). The number of hydrogen-bond acceptors (Lipinski definition) is 7. The number of carbonyl (C=O) groups is 6. The molecule has 0 aliphatic heterocycles. The maximum absolute atomic E-state index is 9.10. The van der Waals surface area contributed by atoms with Crippen LogP contribution >= 0.6 is 0 Å². The van der Waals surface area contributed by atoms with Gasteiger partial charge in [0, 0.05) is 22.4 Å². The number of carbonyl (C=O) groups excluding carboxylic acids is 1. The van der Waals surface area contributed by atoms with Gasteiger partial charge >= 0.3 is 29.8 Å². The fourth-order valence-corrected chi connectivity index (χ4v) is 0. The largest absolute Gasteiger partial charge is 0.539 e. The fourth-order valence-electron chi connectivity index (χ4n) is 0. The number of hydrogen-bond donors (Lipinski definition) is 6. The molecule has 0 spiro atoms. The summed E-state index contributed by atoms with van der Waals surface area (Å²) in [4.78, 5) is 54.4. The van der Waals surface area contributed by atoms with Gasteiger partial charge in [-0.25, -0.2) is 24.0 Å². The van der Waals surface area contributed by atoms with E-state index in [9.17, 15) is 0 Å². The summed E-state index contributed by atoms with van der Waals surface area (Å²) in [5, 5.41) is 45.9. The first-order chi connectivity index (χ1) is 7.93. The summed E-state index contributed by atoms with van der Waals surface area (Å²) in [6.45, 7) is 0. The SMILES string of the molecule is O.O.O.O.O.O.O.O.O.O.O=C(O)C(=O)O.O=C(O)C(=O)O.O=C([O-])C(=O)O.[NH4+].[Nb]. The summed E-state index contributed by atoms with van der Waals surface area (Å²) in [5.41, 5.74) is 0. The first-order valence-electron chi connectivity index (χ1n) is 3.30. The summed E-state index contributed by atoms with van der Waals surface area (Å²) in [7, 11) is 0. The fraction of sp³-hybridized carbons (Fsp3) is 0. The second-order valence-corrected chi connectivity index (χ2v) is 1.81. The van der Waals surface area contributed by atoms with Crippen LogP contribution in [0, 0.1) is 0 Å². The molecule has 29 N–H and O–H groups in total. The molecule has 0 aliphatic carbocycles. The number of carboxylic acids is 6. The molecule has 0 aromatic heterocycles. The van der Waals surface area contributed by atoms with Crippen molar-refractivity contribution in [2.24, 2.45) is 0 Å². The quantitative estimate of drug-likeness (QED) is 0.119. The van der Waals surface area contributed by atoms with Crippen molar-refractivity contribution < 1.29 is 137 Å². The van der Waals surface area contributed by atoms with E-state index in [1.54, 1.807) is 0 Å². The minimum Gasteiger partial charge on any atom is -0.539 e. The van der Waals surface area contributed by atoms with Crippen LogP contribution in [0.25, 0.3) is 0 Å². The van der Waals surface area contributed by atoms with E-state index in [-0.39, 0.29) is 83.3 Å². The Morgan fingerprint density at radius 3 is 0.467 bits per heavy atom. The Morgan fingerprint density at radius 1 is 0.400 bits per heavy atom. The third kappa shape index (κ3) is 176. The van der Waals surface area contributed by atoms with E-state index in [4.69, 9.17) is 59.4 Å². The molecule has 1 radical (unpaired) electrons. The van der Waals surface area contributed by atoms with E-state index < -0.39 is 35.8 Å². The van der Waals surface area contributed by atoms with E-state index in [0.29, 0.717) is 0 Å².